The number of carbonyl (C=O) groups excluding carboxylic acids is 1. The van der Waals surface area contributed by atoms with Gasteiger partial charge in [-0.1, -0.05) is 0 Å². The molecule has 0 aliphatic carbocycles. The molecule has 2 aromatic rings. The quantitative estimate of drug-likeness (QED) is 0.745. The van der Waals surface area contributed by atoms with Gasteiger partial charge in [0.2, 0.25) is 5.91 Å². The molecule has 8 heteroatoms. The number of hydrogen-bond donors (Lipinski definition) is 0. The summed E-state index contributed by atoms with van der Waals surface area (Å²) in [6.45, 7) is 1.49. The third-order valence-corrected chi connectivity index (χ3v) is 4.41. The van der Waals surface area contributed by atoms with Gasteiger partial charge in [-0.2, -0.15) is 0 Å². The van der Waals surface area contributed by atoms with E-state index in [9.17, 15) is 4.79 Å². The maximum absolute atomic E-state index is 12.7. The molecule has 3 heterocycles. The van der Waals surface area contributed by atoms with E-state index in [-0.39, 0.29) is 11.9 Å². The number of likely N-dealkylation sites (tertiary alicyclic amines) is 1. The molecule has 1 fully saturated rings. The Labute approximate surface area is 153 Å². The Bertz CT molecular complexity index is 746. The molecule has 26 heavy (non-hydrogen) atoms. The van der Waals surface area contributed by atoms with Crippen LogP contribution in [-0.2, 0) is 17.8 Å². The van der Waals surface area contributed by atoms with Gasteiger partial charge < -0.3 is 19.1 Å². The molecule has 140 valence electrons. The fourth-order valence-electron chi connectivity index (χ4n) is 3.20. The Kier molecular flexibility index (Phi) is 5.82. The molecule has 1 aliphatic heterocycles. The Morgan fingerprint density at radius 1 is 1.46 bits per heavy atom. The van der Waals surface area contributed by atoms with Crippen molar-refractivity contribution in [3.05, 3.63) is 35.6 Å². The molecular weight excluding hydrogens is 334 g/mol. The van der Waals surface area contributed by atoms with Gasteiger partial charge in [0, 0.05) is 38.2 Å². The zero-order valence-electron chi connectivity index (χ0n) is 15.5. The Hall–Kier alpha value is -2.48. The summed E-state index contributed by atoms with van der Waals surface area (Å²) in [5.41, 5.74) is 0.966. The van der Waals surface area contributed by atoms with E-state index in [1.165, 1.54) is 7.11 Å². The largest absolute Gasteiger partial charge is 0.479 e. The molecule has 3 rings (SSSR count). The smallest absolute Gasteiger partial charge is 0.254 e. The molecule has 0 spiro atoms. The van der Waals surface area contributed by atoms with Crippen molar-refractivity contribution in [2.24, 2.45) is 0 Å². The van der Waals surface area contributed by atoms with Crippen molar-refractivity contribution in [2.75, 3.05) is 27.7 Å². The molecule has 1 atom stereocenters. The molecule has 8 nitrogen and oxygen atoms in total. The van der Waals surface area contributed by atoms with Gasteiger partial charge in [0.15, 0.2) is 5.82 Å². The highest BCUT2D eigenvalue weighted by atomic mass is 16.5. The van der Waals surface area contributed by atoms with Crippen molar-refractivity contribution in [3.8, 4) is 5.88 Å². The maximum atomic E-state index is 12.7. The fourth-order valence-corrected chi connectivity index (χ4v) is 3.20. The molecule has 2 aromatic heterocycles. The summed E-state index contributed by atoms with van der Waals surface area (Å²) < 4.78 is 10.2. The van der Waals surface area contributed by atoms with Gasteiger partial charge in [-0.25, -0.2) is 9.97 Å². The number of amides is 1. The summed E-state index contributed by atoms with van der Waals surface area (Å²) in [6.07, 6.45) is 4.51. The molecule has 0 N–H and O–H groups in total. The first-order valence-corrected chi connectivity index (χ1v) is 8.82. The standard InChI is InChI=1S/C18H25N5O3/c1-22(2)12-13-8-9-19-18(20-13)15-5-4-10-23(15)17(24)7-6-14-11-16(25-3)21-26-14/h8-9,11,15H,4-7,10,12H2,1-3H3/t15-/m0/s1. The van der Waals surface area contributed by atoms with Gasteiger partial charge in [0.1, 0.15) is 5.76 Å². The highest BCUT2D eigenvalue weighted by molar-refractivity contribution is 5.77. The summed E-state index contributed by atoms with van der Waals surface area (Å²) in [7, 11) is 5.55. The van der Waals surface area contributed by atoms with Gasteiger partial charge in [0.05, 0.1) is 18.8 Å². The number of aromatic nitrogens is 3. The number of methoxy groups -OCH3 is 1. The number of ether oxygens (including phenoxy) is 1. The lowest BCUT2D eigenvalue weighted by Crippen LogP contribution is -2.31. The first-order valence-electron chi connectivity index (χ1n) is 8.82. The van der Waals surface area contributed by atoms with Gasteiger partial charge in [-0.15, -0.1) is 0 Å². The second-order valence-electron chi connectivity index (χ2n) is 6.72. The van der Waals surface area contributed by atoms with Crippen LogP contribution < -0.4 is 4.74 Å². The van der Waals surface area contributed by atoms with E-state index < -0.39 is 0 Å². The lowest BCUT2D eigenvalue weighted by Gasteiger charge is -2.24. The van der Waals surface area contributed by atoms with Crippen molar-refractivity contribution in [1.82, 2.24) is 24.9 Å². The van der Waals surface area contributed by atoms with E-state index in [1.54, 1.807) is 12.3 Å². The molecule has 0 radical (unpaired) electrons. The van der Waals surface area contributed by atoms with Gasteiger partial charge >= 0.3 is 0 Å². The van der Waals surface area contributed by atoms with Gasteiger partial charge in [0.25, 0.3) is 5.88 Å². The second kappa shape index (κ2) is 8.27. The van der Waals surface area contributed by atoms with Crippen molar-refractivity contribution < 1.29 is 14.1 Å². The molecule has 0 saturated carbocycles. The SMILES string of the molecule is COc1cc(CCC(=O)N2CCC[C@H]2c2nccc(CN(C)C)n2)on1. The van der Waals surface area contributed by atoms with Crippen LogP contribution in [0.4, 0.5) is 0 Å². The molecule has 1 saturated heterocycles. The van der Waals surface area contributed by atoms with E-state index in [0.717, 1.165) is 37.4 Å². The lowest BCUT2D eigenvalue weighted by molar-refractivity contribution is -0.132. The van der Waals surface area contributed by atoms with Gasteiger partial charge in [-0.3, -0.25) is 4.79 Å². The normalized spacial score (nSPS) is 17.1. The first kappa shape index (κ1) is 18.3. The Balaban J connectivity index is 1.64. The third-order valence-electron chi connectivity index (χ3n) is 4.41. The van der Waals surface area contributed by atoms with Crippen LogP contribution in [0.5, 0.6) is 5.88 Å². The van der Waals surface area contributed by atoms with Crippen LogP contribution in [0.15, 0.2) is 22.9 Å². The number of aryl methyl sites for hydroxylation is 1. The first-order chi connectivity index (χ1) is 12.6. The van der Waals surface area contributed by atoms with Crippen molar-refractivity contribution in [3.63, 3.8) is 0 Å². The number of nitrogens with zero attached hydrogens (tertiary/aromatic N) is 5. The molecule has 0 bridgehead atoms. The summed E-state index contributed by atoms with van der Waals surface area (Å²) in [5.74, 6) is 1.90. The highest BCUT2D eigenvalue weighted by Gasteiger charge is 2.31. The zero-order chi connectivity index (χ0) is 18.5. The van der Waals surface area contributed by atoms with Crippen LogP contribution in [-0.4, -0.2) is 58.6 Å². The average Bonchev–Trinajstić information content (AvgIpc) is 3.28. The highest BCUT2D eigenvalue weighted by Crippen LogP contribution is 2.30. The van der Waals surface area contributed by atoms with Crippen LogP contribution in [0.1, 0.15) is 42.6 Å². The van der Waals surface area contributed by atoms with Crippen molar-refractivity contribution in [1.29, 1.82) is 0 Å². The van der Waals surface area contributed by atoms with Gasteiger partial charge in [-0.05, 0) is 38.2 Å². The predicted molar refractivity (Wildman–Crippen MR) is 94.5 cm³/mol. The second-order valence-corrected chi connectivity index (χ2v) is 6.72. The van der Waals surface area contributed by atoms with Crippen LogP contribution in [0, 0.1) is 0 Å². The number of rotatable bonds is 7. The summed E-state index contributed by atoms with van der Waals surface area (Å²) in [6, 6.07) is 3.58. The molecule has 1 amide bonds. The summed E-state index contributed by atoms with van der Waals surface area (Å²) in [5, 5.41) is 3.76. The lowest BCUT2D eigenvalue weighted by atomic mass is 10.1. The van der Waals surface area contributed by atoms with Crippen LogP contribution >= 0.6 is 0 Å². The minimum Gasteiger partial charge on any atom is -0.479 e. The third kappa shape index (κ3) is 4.37. The number of carbonyl (C=O) groups is 1. The Morgan fingerprint density at radius 2 is 2.31 bits per heavy atom. The molecule has 0 aromatic carbocycles. The minimum absolute atomic E-state index is 0.0473. The van der Waals surface area contributed by atoms with E-state index in [2.05, 4.69) is 20.0 Å². The van der Waals surface area contributed by atoms with E-state index in [4.69, 9.17) is 9.26 Å². The monoisotopic (exact) mass is 359 g/mol. The van der Waals surface area contributed by atoms with E-state index in [1.807, 2.05) is 25.1 Å². The zero-order valence-corrected chi connectivity index (χ0v) is 15.5. The van der Waals surface area contributed by atoms with Crippen molar-refractivity contribution in [2.45, 2.75) is 38.3 Å². The average molecular weight is 359 g/mol. The minimum atomic E-state index is -0.0473. The molecule has 0 unspecified atom stereocenters. The van der Waals surface area contributed by atoms with E-state index in [0.29, 0.717) is 24.5 Å². The van der Waals surface area contributed by atoms with Crippen molar-refractivity contribution >= 4 is 5.91 Å². The van der Waals surface area contributed by atoms with Crippen LogP contribution in [0.3, 0.4) is 0 Å². The van der Waals surface area contributed by atoms with Crippen LogP contribution in [0.25, 0.3) is 0 Å². The topological polar surface area (TPSA) is 84.6 Å². The molecule has 1 aliphatic rings. The predicted octanol–water partition coefficient (Wildman–Crippen LogP) is 1.83. The summed E-state index contributed by atoms with van der Waals surface area (Å²) >= 11 is 0. The van der Waals surface area contributed by atoms with E-state index >= 15 is 0 Å². The maximum Gasteiger partial charge on any atom is 0.254 e. The molecular formula is C18H25N5O3. The number of hydrogen-bond acceptors (Lipinski definition) is 7. The van der Waals surface area contributed by atoms with Crippen LogP contribution in [0.2, 0.25) is 0 Å². The summed E-state index contributed by atoms with van der Waals surface area (Å²) in [4.78, 5) is 25.8. The Morgan fingerprint density at radius 3 is 3.04 bits per heavy atom. The fraction of sp³-hybridized carbons (Fsp3) is 0.556.